The lowest BCUT2D eigenvalue weighted by Crippen LogP contribution is -2.29. The fourth-order valence-corrected chi connectivity index (χ4v) is 2.21. The number of methoxy groups -OCH3 is 1. The molecule has 2 amide bonds. The van der Waals surface area contributed by atoms with E-state index in [1.165, 1.54) is 31.4 Å². The number of hydrogen-bond acceptors (Lipinski definition) is 5. The first kappa shape index (κ1) is 18.5. The number of nitrogens with one attached hydrogen (secondary N) is 2. The van der Waals surface area contributed by atoms with Gasteiger partial charge in [-0.3, -0.25) is 19.7 Å². The number of carbonyl (C=O) groups is 2. The zero-order valence-electron chi connectivity index (χ0n) is 12.7. The van der Waals surface area contributed by atoms with Crippen molar-refractivity contribution in [1.82, 2.24) is 0 Å². The molecule has 0 heterocycles. The van der Waals surface area contributed by atoms with Crippen LogP contribution < -0.4 is 15.4 Å². The molecule has 2 aromatic rings. The number of nitrogens with zero attached hydrogens (tertiary/aromatic N) is 1. The lowest BCUT2D eigenvalue weighted by molar-refractivity contribution is -0.384. The Morgan fingerprint density at radius 2 is 1.72 bits per heavy atom. The number of ether oxygens (including phenoxy) is 1. The maximum atomic E-state index is 12.0. The molecular weight excluding hydrogens is 373 g/mol. The Bertz CT molecular complexity index is 857. The number of rotatable bonds is 4. The maximum Gasteiger partial charge on any atom is 0.314 e. The Kier molecular flexibility index (Phi) is 5.79. The highest BCUT2D eigenvalue weighted by molar-refractivity contribution is 6.47. The van der Waals surface area contributed by atoms with Crippen LogP contribution in [0.4, 0.5) is 17.1 Å². The summed E-state index contributed by atoms with van der Waals surface area (Å²) in [6.07, 6.45) is 0. The summed E-state index contributed by atoms with van der Waals surface area (Å²) in [5.74, 6) is -1.93. The Morgan fingerprint density at radius 1 is 1.08 bits per heavy atom. The highest BCUT2D eigenvalue weighted by atomic mass is 35.5. The summed E-state index contributed by atoms with van der Waals surface area (Å²) < 4.78 is 5.01. The summed E-state index contributed by atoms with van der Waals surface area (Å²) in [5, 5.41) is 15.7. The highest BCUT2D eigenvalue weighted by Crippen LogP contribution is 2.30. The predicted molar refractivity (Wildman–Crippen MR) is 93.4 cm³/mol. The van der Waals surface area contributed by atoms with E-state index in [1.54, 1.807) is 6.07 Å². The largest absolute Gasteiger partial charge is 0.495 e. The lowest BCUT2D eigenvalue weighted by atomic mass is 10.2. The number of nitro groups is 1. The van der Waals surface area contributed by atoms with E-state index in [1.807, 2.05) is 0 Å². The van der Waals surface area contributed by atoms with Gasteiger partial charge in [-0.2, -0.15) is 0 Å². The van der Waals surface area contributed by atoms with Crippen molar-refractivity contribution in [1.29, 1.82) is 0 Å². The van der Waals surface area contributed by atoms with Crippen LogP contribution in [-0.4, -0.2) is 23.8 Å². The minimum atomic E-state index is -1.06. The van der Waals surface area contributed by atoms with Crippen LogP contribution in [0.15, 0.2) is 36.4 Å². The van der Waals surface area contributed by atoms with Crippen LogP contribution in [0, 0.1) is 10.1 Å². The van der Waals surface area contributed by atoms with Gasteiger partial charge in [0.05, 0.1) is 33.5 Å². The molecule has 0 aromatic heterocycles. The molecule has 10 heteroatoms. The van der Waals surface area contributed by atoms with Crippen molar-refractivity contribution in [2.45, 2.75) is 0 Å². The highest BCUT2D eigenvalue weighted by Gasteiger charge is 2.19. The fraction of sp³-hybridized carbons (Fsp3) is 0.0667. The monoisotopic (exact) mass is 383 g/mol. The smallest absolute Gasteiger partial charge is 0.314 e. The Labute approximate surface area is 151 Å². The Hall–Kier alpha value is -2.84. The second kappa shape index (κ2) is 7.82. The second-order valence-electron chi connectivity index (χ2n) is 4.65. The molecule has 0 saturated carbocycles. The van der Waals surface area contributed by atoms with Crippen molar-refractivity contribution in [2.24, 2.45) is 0 Å². The molecule has 0 unspecified atom stereocenters. The molecule has 130 valence electrons. The molecule has 0 fully saturated rings. The molecule has 0 atom stereocenters. The van der Waals surface area contributed by atoms with Crippen molar-refractivity contribution in [3.05, 3.63) is 56.6 Å². The van der Waals surface area contributed by atoms with E-state index < -0.39 is 16.7 Å². The number of amides is 2. The molecule has 2 aromatic carbocycles. The number of benzene rings is 2. The summed E-state index contributed by atoms with van der Waals surface area (Å²) in [6, 6.07) is 8.13. The molecule has 8 nitrogen and oxygen atoms in total. The van der Waals surface area contributed by atoms with Crippen molar-refractivity contribution in [2.75, 3.05) is 17.7 Å². The van der Waals surface area contributed by atoms with Crippen LogP contribution in [0.5, 0.6) is 5.75 Å². The molecule has 0 spiro atoms. The van der Waals surface area contributed by atoms with Gasteiger partial charge in [0.15, 0.2) is 0 Å². The van der Waals surface area contributed by atoms with E-state index in [-0.39, 0.29) is 32.9 Å². The number of halogens is 2. The molecule has 25 heavy (non-hydrogen) atoms. The zero-order chi connectivity index (χ0) is 18.6. The predicted octanol–water partition coefficient (Wildman–Crippen LogP) is 3.49. The van der Waals surface area contributed by atoms with Gasteiger partial charge in [0.2, 0.25) is 0 Å². The molecule has 2 rings (SSSR count). The number of carbonyl (C=O) groups excluding carboxylic acids is 2. The molecule has 0 aliphatic carbocycles. The Balaban J connectivity index is 2.18. The van der Waals surface area contributed by atoms with Gasteiger partial charge in [-0.05, 0) is 18.2 Å². The number of hydrogen-bond donors (Lipinski definition) is 2. The number of nitro benzene ring substituents is 1. The average molecular weight is 384 g/mol. The number of anilines is 2. The topological polar surface area (TPSA) is 111 Å². The summed E-state index contributed by atoms with van der Waals surface area (Å²) in [6.45, 7) is 0. The first-order valence-corrected chi connectivity index (χ1v) is 7.48. The average Bonchev–Trinajstić information content (AvgIpc) is 2.58. The lowest BCUT2D eigenvalue weighted by Gasteiger charge is -2.11. The Morgan fingerprint density at radius 3 is 2.32 bits per heavy atom. The molecular formula is C15H11Cl2N3O5. The van der Waals surface area contributed by atoms with Crippen LogP contribution in [0.25, 0.3) is 0 Å². The van der Waals surface area contributed by atoms with Gasteiger partial charge in [0.1, 0.15) is 5.75 Å². The fourth-order valence-electron chi connectivity index (χ4n) is 1.87. The quantitative estimate of drug-likeness (QED) is 0.476. The SMILES string of the molecule is COc1ccc([N+](=O)[O-])cc1NC(=O)C(=O)Nc1cccc(Cl)c1Cl. The molecule has 0 radical (unpaired) electrons. The van der Waals surface area contributed by atoms with E-state index in [0.29, 0.717) is 0 Å². The number of non-ortho nitro benzene ring substituents is 1. The molecule has 0 aliphatic heterocycles. The first-order chi connectivity index (χ1) is 11.8. The first-order valence-electron chi connectivity index (χ1n) is 6.72. The van der Waals surface area contributed by atoms with Gasteiger partial charge >= 0.3 is 11.8 Å². The van der Waals surface area contributed by atoms with Crippen LogP contribution in [0.3, 0.4) is 0 Å². The van der Waals surface area contributed by atoms with Crippen molar-refractivity contribution in [3.8, 4) is 5.75 Å². The van der Waals surface area contributed by atoms with Gasteiger partial charge in [0, 0.05) is 12.1 Å². The van der Waals surface area contributed by atoms with Crippen molar-refractivity contribution < 1.29 is 19.2 Å². The van der Waals surface area contributed by atoms with Crippen LogP contribution >= 0.6 is 23.2 Å². The summed E-state index contributed by atoms with van der Waals surface area (Å²) in [4.78, 5) is 34.2. The van der Waals surface area contributed by atoms with Gasteiger partial charge in [0.25, 0.3) is 5.69 Å². The minimum absolute atomic E-state index is 0.0194. The van der Waals surface area contributed by atoms with E-state index in [0.717, 1.165) is 6.07 Å². The summed E-state index contributed by atoms with van der Waals surface area (Å²) in [5.41, 5.74) is -0.135. The standard InChI is InChI=1S/C15H11Cl2N3O5/c1-25-12-6-5-8(20(23)24)7-11(12)19-15(22)14(21)18-10-4-2-3-9(16)13(10)17/h2-7H,1H3,(H,18,21)(H,19,22). The third-order valence-electron chi connectivity index (χ3n) is 3.05. The van der Waals surface area contributed by atoms with Crippen molar-refractivity contribution in [3.63, 3.8) is 0 Å². The van der Waals surface area contributed by atoms with E-state index in [2.05, 4.69) is 10.6 Å². The van der Waals surface area contributed by atoms with E-state index >= 15 is 0 Å². The van der Waals surface area contributed by atoms with E-state index in [4.69, 9.17) is 27.9 Å². The third-order valence-corrected chi connectivity index (χ3v) is 3.87. The molecule has 0 bridgehead atoms. The molecule has 0 aliphatic rings. The van der Waals surface area contributed by atoms with Crippen LogP contribution in [-0.2, 0) is 9.59 Å². The van der Waals surface area contributed by atoms with Crippen LogP contribution in [0.2, 0.25) is 10.0 Å². The minimum Gasteiger partial charge on any atom is -0.495 e. The van der Waals surface area contributed by atoms with Crippen molar-refractivity contribution >= 4 is 52.1 Å². The molecule has 2 N–H and O–H groups in total. The van der Waals surface area contributed by atoms with Gasteiger partial charge < -0.3 is 15.4 Å². The maximum absolute atomic E-state index is 12.0. The van der Waals surface area contributed by atoms with Gasteiger partial charge in [-0.1, -0.05) is 29.3 Å². The second-order valence-corrected chi connectivity index (χ2v) is 5.44. The van der Waals surface area contributed by atoms with E-state index in [9.17, 15) is 19.7 Å². The third kappa shape index (κ3) is 4.37. The van der Waals surface area contributed by atoms with Gasteiger partial charge in [-0.15, -0.1) is 0 Å². The summed E-state index contributed by atoms with van der Waals surface area (Å²) >= 11 is 11.8. The normalized spacial score (nSPS) is 10.0. The molecule has 0 saturated heterocycles. The van der Waals surface area contributed by atoms with Gasteiger partial charge in [-0.25, -0.2) is 0 Å². The van der Waals surface area contributed by atoms with Crippen LogP contribution in [0.1, 0.15) is 0 Å². The zero-order valence-corrected chi connectivity index (χ0v) is 14.2. The summed E-state index contributed by atoms with van der Waals surface area (Å²) in [7, 11) is 1.32.